The molecule has 0 saturated carbocycles. The maximum Gasteiger partial charge on any atom is 0.261 e. The normalized spacial score (nSPS) is 10.8. The lowest BCUT2D eigenvalue weighted by molar-refractivity contribution is -0.132. The van der Waals surface area contributed by atoms with Gasteiger partial charge in [0.1, 0.15) is 12.3 Å². The van der Waals surface area contributed by atoms with Crippen molar-refractivity contribution >= 4 is 5.91 Å². The monoisotopic (exact) mass is 288 g/mol. The van der Waals surface area contributed by atoms with Crippen LogP contribution in [-0.2, 0) is 10.2 Å². The van der Waals surface area contributed by atoms with Crippen LogP contribution in [0.25, 0.3) is 0 Å². The van der Waals surface area contributed by atoms with Crippen molar-refractivity contribution in [2.75, 3.05) is 19.7 Å². The van der Waals surface area contributed by atoms with E-state index < -0.39 is 0 Å². The van der Waals surface area contributed by atoms with Crippen molar-refractivity contribution in [3.63, 3.8) is 0 Å². The van der Waals surface area contributed by atoms with Crippen molar-refractivity contribution in [2.24, 2.45) is 0 Å². The molecule has 21 heavy (non-hydrogen) atoms. The van der Waals surface area contributed by atoms with Crippen LogP contribution in [0.2, 0.25) is 0 Å². The quantitative estimate of drug-likeness (QED) is 0.756. The van der Waals surface area contributed by atoms with Gasteiger partial charge in [-0.15, -0.1) is 0 Å². The molecular weight excluding hydrogens is 264 g/mol. The largest absolute Gasteiger partial charge is 0.483 e. The fraction of sp³-hybridized carbons (Fsp3) is 0.529. The van der Waals surface area contributed by atoms with Gasteiger partial charge < -0.3 is 9.64 Å². The van der Waals surface area contributed by atoms with Gasteiger partial charge in [0.15, 0.2) is 6.61 Å². The van der Waals surface area contributed by atoms with Gasteiger partial charge in [-0.25, -0.2) is 0 Å². The third kappa shape index (κ3) is 5.11. The van der Waals surface area contributed by atoms with Crippen LogP contribution < -0.4 is 4.74 Å². The summed E-state index contributed by atoms with van der Waals surface area (Å²) in [5.41, 5.74) is 1.02. The molecule has 0 aromatic heterocycles. The molecule has 1 rings (SSSR count). The van der Waals surface area contributed by atoms with E-state index in [0.717, 1.165) is 17.7 Å². The summed E-state index contributed by atoms with van der Waals surface area (Å²) in [7, 11) is 0. The molecule has 0 heterocycles. The number of hydrogen-bond donors (Lipinski definition) is 0. The SMILES string of the molecule is CCCN(CC#N)C(=O)COc1ccccc1C(C)(C)C. The number of amides is 1. The molecule has 0 aliphatic carbocycles. The second-order valence-electron chi connectivity index (χ2n) is 6.01. The molecule has 0 fully saturated rings. The first-order chi connectivity index (χ1) is 9.90. The topological polar surface area (TPSA) is 53.3 Å². The number of nitriles is 1. The maximum absolute atomic E-state index is 12.1. The first-order valence-corrected chi connectivity index (χ1v) is 7.27. The van der Waals surface area contributed by atoms with Crippen LogP contribution in [-0.4, -0.2) is 30.5 Å². The van der Waals surface area contributed by atoms with Gasteiger partial charge in [-0.1, -0.05) is 45.9 Å². The van der Waals surface area contributed by atoms with E-state index in [4.69, 9.17) is 10.00 Å². The lowest BCUT2D eigenvalue weighted by Crippen LogP contribution is -2.36. The summed E-state index contributed by atoms with van der Waals surface area (Å²) >= 11 is 0. The second kappa shape index (κ2) is 7.68. The van der Waals surface area contributed by atoms with Crippen LogP contribution >= 0.6 is 0 Å². The first kappa shape index (κ1) is 17.0. The Kier molecular flexibility index (Phi) is 6.23. The molecule has 0 unspecified atom stereocenters. The standard InChI is InChI=1S/C17H24N2O2/c1-5-11-19(12-10-18)16(20)13-21-15-9-7-6-8-14(15)17(2,3)4/h6-9H,5,11-13H2,1-4H3. The van der Waals surface area contributed by atoms with E-state index in [1.165, 1.54) is 4.90 Å². The number of carbonyl (C=O) groups is 1. The highest BCUT2D eigenvalue weighted by Crippen LogP contribution is 2.30. The van der Waals surface area contributed by atoms with Crippen molar-refractivity contribution in [3.8, 4) is 11.8 Å². The average molecular weight is 288 g/mol. The summed E-state index contributed by atoms with van der Waals surface area (Å²) in [5.74, 6) is 0.578. The van der Waals surface area contributed by atoms with Crippen LogP contribution in [0.1, 0.15) is 39.7 Å². The fourth-order valence-corrected chi connectivity index (χ4v) is 2.09. The van der Waals surface area contributed by atoms with Crippen LogP contribution in [0.4, 0.5) is 0 Å². The zero-order valence-corrected chi connectivity index (χ0v) is 13.3. The molecule has 0 bridgehead atoms. The molecule has 0 aliphatic rings. The molecule has 0 aliphatic heterocycles. The van der Waals surface area contributed by atoms with Crippen LogP contribution in [0.15, 0.2) is 24.3 Å². The number of hydrogen-bond acceptors (Lipinski definition) is 3. The van der Waals surface area contributed by atoms with E-state index in [0.29, 0.717) is 6.54 Å². The predicted molar refractivity (Wildman–Crippen MR) is 83.1 cm³/mol. The molecule has 4 nitrogen and oxygen atoms in total. The summed E-state index contributed by atoms with van der Waals surface area (Å²) in [6, 6.07) is 9.77. The van der Waals surface area contributed by atoms with Gasteiger partial charge in [0.05, 0.1) is 6.07 Å². The van der Waals surface area contributed by atoms with E-state index in [-0.39, 0.29) is 24.5 Å². The van der Waals surface area contributed by atoms with Gasteiger partial charge in [-0.3, -0.25) is 4.79 Å². The highest BCUT2D eigenvalue weighted by atomic mass is 16.5. The van der Waals surface area contributed by atoms with Crippen molar-refractivity contribution in [3.05, 3.63) is 29.8 Å². The second-order valence-corrected chi connectivity index (χ2v) is 6.01. The molecule has 0 spiro atoms. The average Bonchev–Trinajstić information content (AvgIpc) is 2.44. The molecule has 0 radical (unpaired) electrons. The Bertz CT molecular complexity index is 512. The zero-order valence-electron chi connectivity index (χ0n) is 13.3. The number of rotatable bonds is 6. The van der Waals surface area contributed by atoms with E-state index in [9.17, 15) is 4.79 Å². The number of carbonyl (C=O) groups excluding carboxylic acids is 1. The lowest BCUT2D eigenvalue weighted by atomic mass is 9.86. The minimum Gasteiger partial charge on any atom is -0.483 e. The molecule has 1 aromatic carbocycles. The Balaban J connectivity index is 2.75. The van der Waals surface area contributed by atoms with Crippen molar-refractivity contribution in [1.29, 1.82) is 5.26 Å². The number of para-hydroxylation sites is 1. The molecule has 1 amide bonds. The van der Waals surface area contributed by atoms with E-state index >= 15 is 0 Å². The van der Waals surface area contributed by atoms with Crippen LogP contribution in [0.3, 0.4) is 0 Å². The van der Waals surface area contributed by atoms with Crippen molar-refractivity contribution in [1.82, 2.24) is 4.90 Å². The number of ether oxygens (including phenoxy) is 1. The summed E-state index contributed by atoms with van der Waals surface area (Å²) in [6.45, 7) is 8.96. The Morgan fingerprint density at radius 3 is 2.57 bits per heavy atom. The van der Waals surface area contributed by atoms with Crippen molar-refractivity contribution < 1.29 is 9.53 Å². The number of nitrogens with zero attached hydrogens (tertiary/aromatic N) is 2. The third-order valence-electron chi connectivity index (χ3n) is 3.15. The van der Waals surface area contributed by atoms with Gasteiger partial charge in [0, 0.05) is 6.54 Å². The van der Waals surface area contributed by atoms with Gasteiger partial charge in [0.2, 0.25) is 0 Å². The molecule has 114 valence electrons. The van der Waals surface area contributed by atoms with Gasteiger partial charge >= 0.3 is 0 Å². The highest BCUT2D eigenvalue weighted by molar-refractivity contribution is 5.78. The van der Waals surface area contributed by atoms with Crippen molar-refractivity contribution in [2.45, 2.75) is 39.5 Å². The fourth-order valence-electron chi connectivity index (χ4n) is 2.09. The minimum absolute atomic E-state index is 0.0330. The molecule has 0 atom stereocenters. The Labute approximate surface area is 127 Å². The van der Waals surface area contributed by atoms with E-state index in [2.05, 4.69) is 20.8 Å². The zero-order chi connectivity index (χ0) is 15.9. The summed E-state index contributed by atoms with van der Waals surface area (Å²) < 4.78 is 5.70. The van der Waals surface area contributed by atoms with Gasteiger partial charge in [-0.2, -0.15) is 5.26 Å². The molecule has 0 saturated heterocycles. The molecule has 1 aromatic rings. The Morgan fingerprint density at radius 1 is 1.33 bits per heavy atom. The van der Waals surface area contributed by atoms with Crippen LogP contribution in [0.5, 0.6) is 5.75 Å². The summed E-state index contributed by atoms with van der Waals surface area (Å²) in [6.07, 6.45) is 0.825. The maximum atomic E-state index is 12.1. The van der Waals surface area contributed by atoms with E-state index in [1.807, 2.05) is 37.3 Å². The molecule has 4 heteroatoms. The summed E-state index contributed by atoms with van der Waals surface area (Å²) in [5, 5.41) is 8.76. The third-order valence-corrected chi connectivity index (χ3v) is 3.15. The predicted octanol–water partition coefficient (Wildman–Crippen LogP) is 3.13. The Morgan fingerprint density at radius 2 is 2.00 bits per heavy atom. The molecular formula is C17H24N2O2. The minimum atomic E-state index is -0.151. The number of benzene rings is 1. The van der Waals surface area contributed by atoms with Gasteiger partial charge in [-0.05, 0) is 23.5 Å². The highest BCUT2D eigenvalue weighted by Gasteiger charge is 2.20. The lowest BCUT2D eigenvalue weighted by Gasteiger charge is -2.24. The Hall–Kier alpha value is -2.02. The van der Waals surface area contributed by atoms with E-state index in [1.54, 1.807) is 0 Å². The van der Waals surface area contributed by atoms with Crippen LogP contribution in [0, 0.1) is 11.3 Å². The first-order valence-electron chi connectivity index (χ1n) is 7.27. The van der Waals surface area contributed by atoms with Gasteiger partial charge in [0.25, 0.3) is 5.91 Å². The summed E-state index contributed by atoms with van der Waals surface area (Å²) in [4.78, 5) is 13.6. The smallest absolute Gasteiger partial charge is 0.261 e. The molecule has 0 N–H and O–H groups in total.